The van der Waals surface area contributed by atoms with Crippen LogP contribution in [0.25, 0.3) is 10.9 Å². The Morgan fingerprint density at radius 1 is 1.39 bits per heavy atom. The van der Waals surface area contributed by atoms with Crippen molar-refractivity contribution in [2.75, 3.05) is 5.75 Å². The average molecular weight is 266 g/mol. The Hall–Kier alpha value is -1.37. The number of aromatic amines is 1. The van der Waals surface area contributed by atoms with Crippen molar-refractivity contribution in [3.05, 3.63) is 40.4 Å². The van der Waals surface area contributed by atoms with E-state index in [4.69, 9.17) is 0 Å². The number of benzene rings is 1. The van der Waals surface area contributed by atoms with E-state index >= 15 is 0 Å². The van der Waals surface area contributed by atoms with Crippen LogP contribution in [0.15, 0.2) is 29.3 Å². The van der Waals surface area contributed by atoms with Gasteiger partial charge in [0.15, 0.2) is 0 Å². The molecule has 2 unspecified atom stereocenters. The fourth-order valence-electron chi connectivity index (χ4n) is 1.78. The third-order valence-corrected chi connectivity index (χ3v) is 3.05. The molecule has 2 atom stereocenters. The van der Waals surface area contributed by atoms with Crippen molar-refractivity contribution >= 4 is 23.5 Å². The number of aromatic nitrogens is 2. The van der Waals surface area contributed by atoms with Crippen molar-refractivity contribution in [3.8, 4) is 0 Å². The Balaban J connectivity index is 2.40. The van der Waals surface area contributed by atoms with Gasteiger partial charge in [-0.3, -0.25) is 4.79 Å². The van der Waals surface area contributed by atoms with Gasteiger partial charge in [-0.15, -0.1) is 0 Å². The average Bonchev–Trinajstić information content (AvgIpc) is 2.38. The summed E-state index contributed by atoms with van der Waals surface area (Å²) < 4.78 is 0. The number of fused-ring (bicyclic) bond motifs is 1. The van der Waals surface area contributed by atoms with Crippen molar-refractivity contribution in [2.24, 2.45) is 0 Å². The number of hydrogen-bond acceptors (Lipinski definition) is 5. The van der Waals surface area contributed by atoms with E-state index in [2.05, 4.69) is 22.6 Å². The normalized spacial score (nSPS) is 14.6. The summed E-state index contributed by atoms with van der Waals surface area (Å²) in [6, 6.07) is 4.85. The van der Waals surface area contributed by atoms with E-state index in [-0.39, 0.29) is 5.56 Å². The number of nitrogens with zero attached hydrogens (tertiary/aromatic N) is 1. The predicted molar refractivity (Wildman–Crippen MR) is 71.8 cm³/mol. The van der Waals surface area contributed by atoms with Crippen LogP contribution < -0.4 is 5.56 Å². The van der Waals surface area contributed by atoms with Crippen LogP contribution in [-0.4, -0.2) is 32.0 Å². The first kappa shape index (κ1) is 13.1. The first-order valence-electron chi connectivity index (χ1n) is 5.58. The molecule has 0 saturated carbocycles. The highest BCUT2D eigenvalue weighted by molar-refractivity contribution is 7.80. The summed E-state index contributed by atoms with van der Waals surface area (Å²) >= 11 is 4.01. The molecule has 5 nitrogen and oxygen atoms in total. The largest absolute Gasteiger partial charge is 0.390 e. The number of thiol groups is 1. The van der Waals surface area contributed by atoms with Gasteiger partial charge in [0.1, 0.15) is 6.10 Å². The minimum Gasteiger partial charge on any atom is -0.390 e. The lowest BCUT2D eigenvalue weighted by Gasteiger charge is -2.17. The van der Waals surface area contributed by atoms with E-state index in [1.54, 1.807) is 18.2 Å². The molecule has 1 aromatic carbocycles. The Bertz CT molecular complexity index is 599. The predicted octanol–water partition coefficient (Wildman–Crippen LogP) is 0.637. The number of rotatable bonds is 4. The number of H-pyrrole nitrogens is 1. The van der Waals surface area contributed by atoms with Crippen molar-refractivity contribution in [1.29, 1.82) is 0 Å². The second-order valence-corrected chi connectivity index (χ2v) is 4.48. The van der Waals surface area contributed by atoms with Crippen LogP contribution >= 0.6 is 12.6 Å². The zero-order valence-electron chi connectivity index (χ0n) is 9.58. The van der Waals surface area contributed by atoms with Gasteiger partial charge in [0.05, 0.1) is 23.3 Å². The van der Waals surface area contributed by atoms with Gasteiger partial charge >= 0.3 is 0 Å². The number of aliphatic hydroxyl groups excluding tert-OH is 2. The van der Waals surface area contributed by atoms with Crippen LogP contribution in [0.5, 0.6) is 0 Å². The van der Waals surface area contributed by atoms with Gasteiger partial charge in [0, 0.05) is 0 Å². The molecule has 0 radical (unpaired) electrons. The molecule has 1 heterocycles. The quantitative estimate of drug-likeness (QED) is 0.612. The summed E-state index contributed by atoms with van der Waals surface area (Å²) in [6.07, 6.45) is -0.209. The van der Waals surface area contributed by atoms with Gasteiger partial charge in [-0.1, -0.05) is 6.07 Å². The van der Waals surface area contributed by atoms with E-state index in [0.29, 0.717) is 28.6 Å². The van der Waals surface area contributed by atoms with Crippen molar-refractivity contribution in [3.63, 3.8) is 0 Å². The Labute approximate surface area is 109 Å². The minimum absolute atomic E-state index is 0.266. The summed E-state index contributed by atoms with van der Waals surface area (Å²) in [7, 11) is 0. The lowest BCUT2D eigenvalue weighted by atomic mass is 10.0. The molecule has 2 rings (SSSR count). The highest BCUT2D eigenvalue weighted by Gasteiger charge is 2.18. The molecule has 6 heteroatoms. The lowest BCUT2D eigenvalue weighted by molar-refractivity contribution is 0.0173. The maximum atomic E-state index is 11.6. The number of nitrogens with one attached hydrogen (secondary N) is 1. The van der Waals surface area contributed by atoms with Crippen LogP contribution in [0, 0.1) is 0 Å². The van der Waals surface area contributed by atoms with Gasteiger partial charge < -0.3 is 15.2 Å². The van der Waals surface area contributed by atoms with Crippen LogP contribution in [0.2, 0.25) is 0 Å². The van der Waals surface area contributed by atoms with Gasteiger partial charge in [0.2, 0.25) is 0 Å². The molecule has 0 spiro atoms. The number of aliphatic hydroxyl groups is 2. The Morgan fingerprint density at radius 3 is 2.89 bits per heavy atom. The summed E-state index contributed by atoms with van der Waals surface area (Å²) in [6.45, 7) is 0. The first-order chi connectivity index (χ1) is 8.63. The van der Waals surface area contributed by atoms with Gasteiger partial charge in [0.25, 0.3) is 5.56 Å². The minimum atomic E-state index is -1.03. The van der Waals surface area contributed by atoms with Crippen LogP contribution in [0.4, 0.5) is 0 Å². The van der Waals surface area contributed by atoms with E-state index in [0.717, 1.165) is 0 Å². The van der Waals surface area contributed by atoms with Crippen LogP contribution in [0.1, 0.15) is 18.1 Å². The topological polar surface area (TPSA) is 86.2 Å². The van der Waals surface area contributed by atoms with E-state index in [1.165, 1.54) is 6.33 Å². The van der Waals surface area contributed by atoms with E-state index in [1.807, 2.05) is 0 Å². The molecule has 1 aromatic heterocycles. The molecule has 2 aromatic rings. The SMILES string of the molecule is O=c1[nH]cnc2ccc(C(O)C(O)CCS)cc12. The molecule has 0 aliphatic carbocycles. The van der Waals surface area contributed by atoms with E-state index in [9.17, 15) is 15.0 Å². The first-order valence-corrected chi connectivity index (χ1v) is 6.21. The smallest absolute Gasteiger partial charge is 0.258 e. The molecule has 0 bridgehead atoms. The van der Waals surface area contributed by atoms with Crippen LogP contribution in [0.3, 0.4) is 0 Å². The molecule has 3 N–H and O–H groups in total. The summed E-state index contributed by atoms with van der Waals surface area (Å²) in [5.74, 6) is 0.480. The highest BCUT2D eigenvalue weighted by Crippen LogP contribution is 2.21. The van der Waals surface area contributed by atoms with Gasteiger partial charge in [-0.25, -0.2) is 4.98 Å². The molecule has 0 aliphatic rings. The Kier molecular flexibility index (Phi) is 4.00. The lowest BCUT2D eigenvalue weighted by Crippen LogP contribution is -2.19. The fraction of sp³-hybridized carbons (Fsp3) is 0.333. The summed E-state index contributed by atoms with van der Waals surface area (Å²) in [5, 5.41) is 20.1. The third-order valence-electron chi connectivity index (χ3n) is 2.80. The molecule has 0 amide bonds. The third kappa shape index (κ3) is 2.55. The summed E-state index contributed by atoms with van der Waals surface area (Å²) in [4.78, 5) is 18.1. The summed E-state index contributed by atoms with van der Waals surface area (Å²) in [5.41, 5.74) is 0.784. The zero-order valence-corrected chi connectivity index (χ0v) is 10.5. The van der Waals surface area contributed by atoms with Crippen LogP contribution in [-0.2, 0) is 0 Å². The van der Waals surface area contributed by atoms with Crippen molar-refractivity contribution < 1.29 is 10.2 Å². The zero-order chi connectivity index (χ0) is 13.1. The Morgan fingerprint density at radius 2 is 2.17 bits per heavy atom. The standard InChI is InChI=1S/C12H14N2O3S/c15-10(3-4-18)11(16)7-1-2-9-8(5-7)12(17)14-6-13-9/h1-2,5-6,10-11,15-16,18H,3-4H2,(H,13,14,17). The van der Waals surface area contributed by atoms with Crippen molar-refractivity contribution in [1.82, 2.24) is 9.97 Å². The second kappa shape index (κ2) is 5.51. The maximum Gasteiger partial charge on any atom is 0.258 e. The van der Waals surface area contributed by atoms with E-state index < -0.39 is 12.2 Å². The second-order valence-electron chi connectivity index (χ2n) is 4.03. The highest BCUT2D eigenvalue weighted by atomic mass is 32.1. The molecular formula is C12H14N2O3S. The fourth-order valence-corrected chi connectivity index (χ4v) is 2.05. The van der Waals surface area contributed by atoms with Gasteiger partial charge in [-0.2, -0.15) is 12.6 Å². The van der Waals surface area contributed by atoms with Gasteiger partial charge in [-0.05, 0) is 29.9 Å². The number of hydrogen-bond donors (Lipinski definition) is 4. The molecule has 18 heavy (non-hydrogen) atoms. The monoisotopic (exact) mass is 266 g/mol. The molecule has 0 aliphatic heterocycles. The van der Waals surface area contributed by atoms with Crippen molar-refractivity contribution in [2.45, 2.75) is 18.6 Å². The molecule has 96 valence electrons. The maximum absolute atomic E-state index is 11.6. The molecule has 0 saturated heterocycles. The molecular weight excluding hydrogens is 252 g/mol. The molecule has 0 fully saturated rings.